The molecule has 0 fully saturated rings. The smallest absolute Gasteiger partial charge is 0.352 e. The third-order valence-electron chi connectivity index (χ3n) is 2.78. The minimum absolute atomic E-state index is 0.0306. The number of carbonyl (C=O) groups is 2. The second kappa shape index (κ2) is 5.53. The van der Waals surface area contributed by atoms with E-state index in [4.69, 9.17) is 5.11 Å². The van der Waals surface area contributed by atoms with Crippen molar-refractivity contribution in [2.24, 2.45) is 0 Å². The quantitative estimate of drug-likeness (QED) is 0.699. The van der Waals surface area contributed by atoms with Crippen LogP contribution in [-0.2, 0) is 0 Å². The topological polar surface area (TPSA) is 82.2 Å². The summed E-state index contributed by atoms with van der Waals surface area (Å²) >= 11 is 0. The molecule has 0 radical (unpaired) electrons. The molecule has 0 aromatic carbocycles. The summed E-state index contributed by atoms with van der Waals surface area (Å²) in [7, 11) is 0. The molecule has 98 valence electrons. The number of nitrogens with one attached hydrogen (secondary N) is 2. The van der Waals surface area contributed by atoms with Crippen molar-refractivity contribution in [1.82, 2.24) is 10.3 Å². The number of rotatable bonds is 5. The molecule has 0 saturated carbocycles. The second-order valence-corrected chi connectivity index (χ2v) is 4.33. The van der Waals surface area contributed by atoms with Gasteiger partial charge < -0.3 is 15.4 Å². The Kier molecular flexibility index (Phi) is 4.31. The third kappa shape index (κ3) is 2.80. The number of hydrogen-bond donors (Lipinski definition) is 3. The fraction of sp³-hybridized carbons (Fsp3) is 0.385. The van der Waals surface area contributed by atoms with Crippen molar-refractivity contribution in [3.05, 3.63) is 35.2 Å². The van der Waals surface area contributed by atoms with Crippen LogP contribution in [0.15, 0.2) is 12.7 Å². The minimum Gasteiger partial charge on any atom is -0.477 e. The van der Waals surface area contributed by atoms with E-state index in [0.29, 0.717) is 23.2 Å². The zero-order valence-corrected chi connectivity index (χ0v) is 10.8. The number of carboxylic acid groups (broad SMARTS) is 1. The van der Waals surface area contributed by atoms with Gasteiger partial charge in [0.2, 0.25) is 0 Å². The van der Waals surface area contributed by atoms with E-state index in [1.807, 2.05) is 6.92 Å². The average Bonchev–Trinajstić information content (AvgIpc) is 2.54. The number of aromatic carboxylic acids is 1. The summed E-state index contributed by atoms with van der Waals surface area (Å²) in [5.74, 6) is -1.32. The van der Waals surface area contributed by atoms with Gasteiger partial charge in [-0.3, -0.25) is 4.79 Å². The van der Waals surface area contributed by atoms with Crippen molar-refractivity contribution in [2.75, 3.05) is 0 Å². The molecule has 1 rings (SSSR count). The fourth-order valence-electron chi connectivity index (χ4n) is 1.91. The van der Waals surface area contributed by atoms with Gasteiger partial charge in [-0.25, -0.2) is 4.79 Å². The Hall–Kier alpha value is -2.04. The van der Waals surface area contributed by atoms with E-state index in [2.05, 4.69) is 16.9 Å². The van der Waals surface area contributed by atoms with Crippen molar-refractivity contribution < 1.29 is 14.7 Å². The lowest BCUT2D eigenvalue weighted by atomic mass is 10.1. The molecule has 0 aliphatic rings. The Morgan fingerprint density at radius 2 is 2.11 bits per heavy atom. The molecule has 1 amide bonds. The molecular formula is C13H18N2O3. The molecule has 0 aliphatic heterocycles. The lowest BCUT2D eigenvalue weighted by Crippen LogP contribution is -2.32. The summed E-state index contributed by atoms with van der Waals surface area (Å²) in [5, 5.41) is 11.8. The van der Waals surface area contributed by atoms with Gasteiger partial charge >= 0.3 is 5.97 Å². The molecule has 1 heterocycles. The molecule has 5 nitrogen and oxygen atoms in total. The highest BCUT2D eigenvalue weighted by Gasteiger charge is 2.22. The van der Waals surface area contributed by atoms with Gasteiger partial charge in [-0.15, -0.1) is 6.58 Å². The predicted octanol–water partition coefficient (Wildman–Crippen LogP) is 2.02. The van der Waals surface area contributed by atoms with Crippen LogP contribution in [0.3, 0.4) is 0 Å². The van der Waals surface area contributed by atoms with Crippen LogP contribution < -0.4 is 5.32 Å². The number of carboxylic acids is 1. The standard InChI is InChI=1S/C13H18N2O3/c1-5-6-7(2)14-12(16)10-8(3)11(13(17)18)15-9(10)4/h5,7,15H,1,6H2,2-4H3,(H,14,16)(H,17,18). The van der Waals surface area contributed by atoms with Crippen LogP contribution in [0.4, 0.5) is 0 Å². The maximum atomic E-state index is 12.0. The normalized spacial score (nSPS) is 11.9. The molecule has 5 heteroatoms. The van der Waals surface area contributed by atoms with Crippen molar-refractivity contribution in [3.8, 4) is 0 Å². The van der Waals surface area contributed by atoms with Crippen LogP contribution in [0, 0.1) is 13.8 Å². The third-order valence-corrected chi connectivity index (χ3v) is 2.78. The predicted molar refractivity (Wildman–Crippen MR) is 69.0 cm³/mol. The molecular weight excluding hydrogens is 232 g/mol. The first-order chi connectivity index (χ1) is 8.38. The van der Waals surface area contributed by atoms with Crippen LogP contribution in [0.25, 0.3) is 0 Å². The second-order valence-electron chi connectivity index (χ2n) is 4.33. The SMILES string of the molecule is C=CCC(C)NC(=O)c1c(C)[nH]c(C(=O)O)c1C. The van der Waals surface area contributed by atoms with Crippen molar-refractivity contribution in [2.45, 2.75) is 33.2 Å². The number of carbonyl (C=O) groups excluding carboxylic acids is 1. The minimum atomic E-state index is -1.06. The number of H-pyrrole nitrogens is 1. The van der Waals surface area contributed by atoms with Crippen molar-refractivity contribution in [1.29, 1.82) is 0 Å². The Labute approximate surface area is 106 Å². The monoisotopic (exact) mass is 250 g/mol. The molecule has 3 N–H and O–H groups in total. The molecule has 0 bridgehead atoms. The summed E-state index contributed by atoms with van der Waals surface area (Å²) in [5.41, 5.74) is 1.49. The summed E-state index contributed by atoms with van der Waals surface area (Å²) < 4.78 is 0. The first kappa shape index (κ1) is 14.0. The lowest BCUT2D eigenvalue weighted by molar-refractivity contribution is 0.0690. The summed E-state index contributed by atoms with van der Waals surface area (Å²) in [6, 6.07) is -0.0306. The zero-order chi connectivity index (χ0) is 13.9. The molecule has 1 unspecified atom stereocenters. The zero-order valence-electron chi connectivity index (χ0n) is 10.8. The Morgan fingerprint density at radius 3 is 2.56 bits per heavy atom. The molecule has 1 atom stereocenters. The molecule has 0 spiro atoms. The molecule has 18 heavy (non-hydrogen) atoms. The van der Waals surface area contributed by atoms with Gasteiger partial charge in [-0.1, -0.05) is 6.08 Å². The van der Waals surface area contributed by atoms with Gasteiger partial charge in [-0.05, 0) is 32.8 Å². The number of hydrogen-bond acceptors (Lipinski definition) is 2. The van der Waals surface area contributed by atoms with Crippen molar-refractivity contribution >= 4 is 11.9 Å². The van der Waals surface area contributed by atoms with Gasteiger partial charge in [0.1, 0.15) is 5.69 Å². The average molecular weight is 250 g/mol. The highest BCUT2D eigenvalue weighted by atomic mass is 16.4. The molecule has 0 aliphatic carbocycles. The Bertz CT molecular complexity index is 489. The molecule has 1 aromatic heterocycles. The highest BCUT2D eigenvalue weighted by molar-refractivity contribution is 6.00. The van der Waals surface area contributed by atoms with Crippen LogP contribution >= 0.6 is 0 Å². The fourth-order valence-corrected chi connectivity index (χ4v) is 1.91. The lowest BCUT2D eigenvalue weighted by Gasteiger charge is -2.12. The highest BCUT2D eigenvalue weighted by Crippen LogP contribution is 2.18. The van der Waals surface area contributed by atoms with Crippen LogP contribution in [0.2, 0.25) is 0 Å². The van der Waals surface area contributed by atoms with E-state index in [1.54, 1.807) is 19.9 Å². The maximum absolute atomic E-state index is 12.0. The number of aryl methyl sites for hydroxylation is 1. The largest absolute Gasteiger partial charge is 0.477 e. The van der Waals surface area contributed by atoms with Crippen LogP contribution in [0.1, 0.15) is 45.4 Å². The molecule has 1 aromatic rings. The van der Waals surface area contributed by atoms with Crippen LogP contribution in [0.5, 0.6) is 0 Å². The number of amides is 1. The first-order valence-corrected chi connectivity index (χ1v) is 5.72. The van der Waals surface area contributed by atoms with Gasteiger partial charge in [0, 0.05) is 11.7 Å². The van der Waals surface area contributed by atoms with Gasteiger partial charge in [0.15, 0.2) is 0 Å². The number of aromatic amines is 1. The maximum Gasteiger partial charge on any atom is 0.352 e. The summed E-state index contributed by atoms with van der Waals surface area (Å²) in [4.78, 5) is 25.7. The van der Waals surface area contributed by atoms with E-state index in [1.165, 1.54) is 0 Å². The van der Waals surface area contributed by atoms with Crippen LogP contribution in [-0.4, -0.2) is 28.0 Å². The molecule has 0 saturated heterocycles. The Balaban J connectivity index is 2.99. The van der Waals surface area contributed by atoms with Gasteiger partial charge in [0.25, 0.3) is 5.91 Å². The van der Waals surface area contributed by atoms with Crippen molar-refractivity contribution in [3.63, 3.8) is 0 Å². The van der Waals surface area contributed by atoms with E-state index < -0.39 is 5.97 Å². The van der Waals surface area contributed by atoms with Gasteiger partial charge in [-0.2, -0.15) is 0 Å². The van der Waals surface area contributed by atoms with E-state index in [9.17, 15) is 9.59 Å². The van der Waals surface area contributed by atoms with E-state index in [-0.39, 0.29) is 17.6 Å². The first-order valence-electron chi connectivity index (χ1n) is 5.72. The van der Waals surface area contributed by atoms with E-state index >= 15 is 0 Å². The Morgan fingerprint density at radius 1 is 1.50 bits per heavy atom. The summed E-state index contributed by atoms with van der Waals surface area (Å²) in [6.07, 6.45) is 2.39. The summed E-state index contributed by atoms with van der Waals surface area (Å²) in [6.45, 7) is 8.79. The van der Waals surface area contributed by atoms with E-state index in [0.717, 1.165) is 0 Å². The number of aromatic nitrogens is 1. The van der Waals surface area contributed by atoms with Gasteiger partial charge in [0.05, 0.1) is 5.56 Å².